The fraction of sp³-hybridized carbons (Fsp3) is 0.933. The summed E-state index contributed by atoms with van der Waals surface area (Å²) in [4.78, 5) is 4.60. The monoisotopic (exact) mass is 269 g/mol. The Bertz CT molecular complexity index is 302. The molecule has 0 aromatic rings. The predicted octanol–water partition coefficient (Wildman–Crippen LogP) is 2.67. The third-order valence-electron chi connectivity index (χ3n) is 4.24. The number of ether oxygens (including phenoxy) is 1. The fourth-order valence-electron chi connectivity index (χ4n) is 2.30. The van der Waals surface area contributed by atoms with Crippen LogP contribution >= 0.6 is 0 Å². The maximum Gasteiger partial charge on any atom is 0.189 e. The van der Waals surface area contributed by atoms with Gasteiger partial charge in [0.05, 0.1) is 12.1 Å². The van der Waals surface area contributed by atoms with Crippen LogP contribution in [0.3, 0.4) is 0 Å². The molecule has 0 aliphatic heterocycles. The number of rotatable bonds is 7. The number of nitrogens with one attached hydrogen (secondary N) is 1. The van der Waals surface area contributed by atoms with Crippen LogP contribution in [-0.2, 0) is 4.74 Å². The van der Waals surface area contributed by atoms with Gasteiger partial charge in [0.15, 0.2) is 5.96 Å². The normalized spacial score (nSPS) is 27.7. The number of nitrogens with zero attached hydrogens (tertiary/aromatic N) is 1. The summed E-state index contributed by atoms with van der Waals surface area (Å²) >= 11 is 0. The average molecular weight is 269 g/mol. The van der Waals surface area contributed by atoms with Gasteiger partial charge in [-0.3, -0.25) is 0 Å². The zero-order chi connectivity index (χ0) is 14.5. The molecule has 4 nitrogen and oxygen atoms in total. The smallest absolute Gasteiger partial charge is 0.189 e. The van der Waals surface area contributed by atoms with Crippen molar-refractivity contribution in [1.29, 1.82) is 0 Å². The molecule has 0 amide bonds. The number of nitrogens with two attached hydrogens (primary N) is 1. The second-order valence-corrected chi connectivity index (χ2v) is 6.25. The van der Waals surface area contributed by atoms with E-state index >= 15 is 0 Å². The van der Waals surface area contributed by atoms with Gasteiger partial charge < -0.3 is 15.8 Å². The van der Waals surface area contributed by atoms with Crippen molar-refractivity contribution in [1.82, 2.24) is 5.32 Å². The van der Waals surface area contributed by atoms with Gasteiger partial charge in [-0.2, -0.15) is 0 Å². The van der Waals surface area contributed by atoms with E-state index in [1.165, 1.54) is 6.42 Å². The molecule has 0 aromatic carbocycles. The van der Waals surface area contributed by atoms with E-state index in [0.717, 1.165) is 25.9 Å². The molecule has 0 bridgehead atoms. The van der Waals surface area contributed by atoms with Gasteiger partial charge in [-0.05, 0) is 26.2 Å². The van der Waals surface area contributed by atoms with Crippen molar-refractivity contribution in [2.75, 3.05) is 6.61 Å². The summed E-state index contributed by atoms with van der Waals surface area (Å²) in [5.74, 6) is 0.569. The Balaban J connectivity index is 2.43. The highest BCUT2D eigenvalue weighted by molar-refractivity contribution is 5.78. The second-order valence-electron chi connectivity index (χ2n) is 6.25. The summed E-state index contributed by atoms with van der Waals surface area (Å²) in [6.45, 7) is 11.7. The average Bonchev–Trinajstić information content (AvgIpc) is 2.36. The molecule has 0 heterocycles. The molecule has 0 radical (unpaired) electrons. The molecule has 1 rings (SSSR count). The van der Waals surface area contributed by atoms with Crippen LogP contribution < -0.4 is 11.1 Å². The molecule has 3 N–H and O–H groups in total. The molecule has 3 unspecified atom stereocenters. The standard InChI is InChI=1S/C15H31N3O/c1-6-8-9-19-13-10-12(15(13,4)5)18-14(16)17-11(3)7-2/h11-13H,6-10H2,1-5H3,(H3,16,17,18). The number of aliphatic imine (C=N–C) groups is 1. The molecule has 0 spiro atoms. The van der Waals surface area contributed by atoms with E-state index in [4.69, 9.17) is 10.5 Å². The van der Waals surface area contributed by atoms with Crippen molar-refractivity contribution in [2.24, 2.45) is 16.1 Å². The van der Waals surface area contributed by atoms with Crippen molar-refractivity contribution in [3.05, 3.63) is 0 Å². The first-order valence-electron chi connectivity index (χ1n) is 7.63. The SMILES string of the molecule is CCCCOC1CC(N=C(N)NC(C)CC)C1(C)C. The second kappa shape index (κ2) is 7.13. The van der Waals surface area contributed by atoms with E-state index in [9.17, 15) is 0 Å². The van der Waals surface area contributed by atoms with Crippen molar-refractivity contribution in [3.8, 4) is 0 Å². The first-order chi connectivity index (χ1) is 8.91. The first kappa shape index (κ1) is 16.3. The quantitative estimate of drug-likeness (QED) is 0.424. The molecule has 1 aliphatic carbocycles. The zero-order valence-corrected chi connectivity index (χ0v) is 13.2. The van der Waals surface area contributed by atoms with Crippen LogP contribution in [0.4, 0.5) is 0 Å². The van der Waals surface area contributed by atoms with E-state index in [-0.39, 0.29) is 11.5 Å². The number of unbranched alkanes of at least 4 members (excludes halogenated alkanes) is 1. The van der Waals surface area contributed by atoms with Crippen LogP contribution in [-0.4, -0.2) is 30.8 Å². The van der Waals surface area contributed by atoms with Crippen LogP contribution in [0, 0.1) is 5.41 Å². The van der Waals surface area contributed by atoms with Crippen molar-refractivity contribution in [2.45, 2.75) is 78.5 Å². The van der Waals surface area contributed by atoms with Gasteiger partial charge in [0.1, 0.15) is 0 Å². The van der Waals surface area contributed by atoms with Crippen LogP contribution in [0.5, 0.6) is 0 Å². The third kappa shape index (κ3) is 4.37. The minimum absolute atomic E-state index is 0.0928. The lowest BCUT2D eigenvalue weighted by Gasteiger charge is -2.49. The molecule has 19 heavy (non-hydrogen) atoms. The lowest BCUT2D eigenvalue weighted by atomic mass is 9.65. The lowest BCUT2D eigenvalue weighted by Crippen LogP contribution is -2.55. The molecule has 1 aliphatic rings. The van der Waals surface area contributed by atoms with Crippen LogP contribution in [0.1, 0.15) is 60.3 Å². The number of hydrogen-bond donors (Lipinski definition) is 2. The summed E-state index contributed by atoms with van der Waals surface area (Å²) in [6, 6.07) is 0.652. The highest BCUT2D eigenvalue weighted by Gasteiger charge is 2.49. The predicted molar refractivity (Wildman–Crippen MR) is 81.3 cm³/mol. The number of hydrogen-bond acceptors (Lipinski definition) is 2. The summed E-state index contributed by atoms with van der Waals surface area (Å²) in [5, 5.41) is 3.22. The Morgan fingerprint density at radius 3 is 2.68 bits per heavy atom. The molecule has 1 saturated carbocycles. The van der Waals surface area contributed by atoms with Gasteiger partial charge in [0, 0.05) is 18.1 Å². The lowest BCUT2D eigenvalue weighted by molar-refractivity contribution is -0.107. The summed E-state index contributed by atoms with van der Waals surface area (Å²) < 4.78 is 5.92. The maximum absolute atomic E-state index is 5.95. The van der Waals surface area contributed by atoms with Gasteiger partial charge in [0.2, 0.25) is 0 Å². The van der Waals surface area contributed by atoms with Gasteiger partial charge >= 0.3 is 0 Å². The molecular weight excluding hydrogens is 238 g/mol. The van der Waals surface area contributed by atoms with E-state index in [0.29, 0.717) is 18.1 Å². The summed E-state index contributed by atoms with van der Waals surface area (Å²) in [6.07, 6.45) is 4.68. The van der Waals surface area contributed by atoms with Gasteiger partial charge in [-0.25, -0.2) is 4.99 Å². The minimum atomic E-state index is 0.0928. The van der Waals surface area contributed by atoms with Crippen LogP contribution in [0.15, 0.2) is 4.99 Å². The Hall–Kier alpha value is -0.770. The molecule has 0 saturated heterocycles. The minimum Gasteiger partial charge on any atom is -0.377 e. The maximum atomic E-state index is 5.95. The van der Waals surface area contributed by atoms with E-state index in [1.807, 2.05) is 0 Å². The van der Waals surface area contributed by atoms with E-state index in [1.54, 1.807) is 0 Å². The fourth-order valence-corrected chi connectivity index (χ4v) is 2.30. The summed E-state index contributed by atoms with van der Waals surface area (Å²) in [7, 11) is 0. The van der Waals surface area contributed by atoms with Gasteiger partial charge in [0.25, 0.3) is 0 Å². The molecule has 1 fully saturated rings. The highest BCUT2D eigenvalue weighted by Crippen LogP contribution is 2.44. The van der Waals surface area contributed by atoms with Crippen LogP contribution in [0.2, 0.25) is 0 Å². The van der Waals surface area contributed by atoms with Crippen molar-refractivity contribution >= 4 is 5.96 Å². The molecule has 4 heteroatoms. The third-order valence-corrected chi connectivity index (χ3v) is 4.24. The van der Waals surface area contributed by atoms with Gasteiger partial charge in [-0.1, -0.05) is 34.1 Å². The van der Waals surface area contributed by atoms with Crippen molar-refractivity contribution in [3.63, 3.8) is 0 Å². The van der Waals surface area contributed by atoms with Crippen molar-refractivity contribution < 1.29 is 4.74 Å². The zero-order valence-electron chi connectivity index (χ0n) is 13.2. The molecule has 0 aromatic heterocycles. The largest absolute Gasteiger partial charge is 0.377 e. The van der Waals surface area contributed by atoms with E-state index < -0.39 is 0 Å². The summed E-state index contributed by atoms with van der Waals surface area (Å²) in [5.41, 5.74) is 6.04. The highest BCUT2D eigenvalue weighted by atomic mass is 16.5. The van der Waals surface area contributed by atoms with Crippen LogP contribution in [0.25, 0.3) is 0 Å². The topological polar surface area (TPSA) is 59.6 Å². The molecular formula is C15H31N3O. The van der Waals surface area contributed by atoms with E-state index in [2.05, 4.69) is 44.9 Å². The molecule has 112 valence electrons. The Morgan fingerprint density at radius 2 is 2.16 bits per heavy atom. The Labute approximate surface area is 118 Å². The first-order valence-corrected chi connectivity index (χ1v) is 7.63. The molecule has 3 atom stereocenters. The van der Waals surface area contributed by atoms with Gasteiger partial charge in [-0.15, -0.1) is 0 Å². The Morgan fingerprint density at radius 1 is 1.47 bits per heavy atom. The Kier molecular flexibility index (Phi) is 6.11. The number of guanidine groups is 1.